The van der Waals surface area contributed by atoms with Crippen LogP contribution in [-0.2, 0) is 14.3 Å². The Balaban J connectivity index is 1.50. The monoisotopic (exact) mass is 536 g/mol. The Morgan fingerprint density at radius 3 is 2.69 bits per heavy atom. The van der Waals surface area contributed by atoms with E-state index < -0.39 is 6.04 Å². The molecular formula is C26H34Cl2N4O4. The molecule has 2 atom stereocenters. The number of nitrogens with zero attached hydrogens (tertiary/aromatic N) is 3. The lowest BCUT2D eigenvalue weighted by molar-refractivity contribution is -0.134. The fourth-order valence-corrected chi connectivity index (χ4v) is 5.69. The highest BCUT2D eigenvalue weighted by Crippen LogP contribution is 2.39. The van der Waals surface area contributed by atoms with Crippen LogP contribution in [0.2, 0.25) is 10.0 Å². The molecule has 0 spiro atoms. The van der Waals surface area contributed by atoms with Gasteiger partial charge in [-0.05, 0) is 43.4 Å². The van der Waals surface area contributed by atoms with Crippen LogP contribution in [0.1, 0.15) is 51.6 Å². The molecule has 10 heteroatoms. The Hall–Kier alpha value is -2.29. The van der Waals surface area contributed by atoms with Crippen molar-refractivity contribution in [2.24, 2.45) is 5.92 Å². The Bertz CT molecular complexity index is 1050. The van der Waals surface area contributed by atoms with Gasteiger partial charge in [-0.25, -0.2) is 4.79 Å². The summed E-state index contributed by atoms with van der Waals surface area (Å²) in [6.07, 6.45) is 2.28. The molecule has 1 N–H and O–H groups in total. The van der Waals surface area contributed by atoms with Crippen LogP contribution in [0.3, 0.4) is 0 Å². The lowest BCUT2D eigenvalue weighted by atomic mass is 9.95. The average Bonchev–Trinajstić information content (AvgIpc) is 3.44. The van der Waals surface area contributed by atoms with Gasteiger partial charge < -0.3 is 19.9 Å². The number of likely N-dealkylation sites (N-methyl/N-ethyl adjacent to an activating group) is 1. The van der Waals surface area contributed by atoms with Crippen molar-refractivity contribution in [3.05, 3.63) is 45.1 Å². The number of hydrogen-bond donors (Lipinski definition) is 1. The van der Waals surface area contributed by atoms with Crippen molar-refractivity contribution in [3.63, 3.8) is 0 Å². The van der Waals surface area contributed by atoms with Gasteiger partial charge in [-0.15, -0.1) is 0 Å². The first-order valence-corrected chi connectivity index (χ1v) is 13.4. The molecule has 0 unspecified atom stereocenters. The van der Waals surface area contributed by atoms with E-state index in [-0.39, 0.29) is 43.5 Å². The summed E-state index contributed by atoms with van der Waals surface area (Å²) in [5.74, 6) is 0.148. The highest BCUT2D eigenvalue weighted by atomic mass is 35.5. The molecule has 1 saturated heterocycles. The van der Waals surface area contributed by atoms with Crippen LogP contribution in [0.15, 0.2) is 29.5 Å². The SMILES string of the molecule is CCN1C(=O)N[C@H](c2ccc(Cl)cc2Cl)C2=C1CN(CCC(=O)N(CC(C)C)C[C@@H]1CCCO1)C2=O. The van der Waals surface area contributed by atoms with E-state index in [1.165, 1.54) is 0 Å². The van der Waals surface area contributed by atoms with Crippen molar-refractivity contribution < 1.29 is 19.1 Å². The molecule has 8 nitrogen and oxygen atoms in total. The highest BCUT2D eigenvalue weighted by Gasteiger charge is 2.44. The van der Waals surface area contributed by atoms with Crippen LogP contribution in [0.25, 0.3) is 0 Å². The van der Waals surface area contributed by atoms with Crippen LogP contribution < -0.4 is 5.32 Å². The van der Waals surface area contributed by atoms with Gasteiger partial charge in [-0.1, -0.05) is 43.1 Å². The lowest BCUT2D eigenvalue weighted by Gasteiger charge is -2.33. The van der Waals surface area contributed by atoms with Crippen LogP contribution in [-0.4, -0.2) is 78.0 Å². The number of rotatable bonds is 9. The Morgan fingerprint density at radius 1 is 1.28 bits per heavy atom. The first-order valence-electron chi connectivity index (χ1n) is 12.6. The second kappa shape index (κ2) is 11.4. The molecule has 0 radical (unpaired) electrons. The van der Waals surface area contributed by atoms with Gasteiger partial charge in [0.05, 0.1) is 30.0 Å². The van der Waals surface area contributed by atoms with Crippen molar-refractivity contribution in [1.29, 1.82) is 0 Å². The molecular weight excluding hydrogens is 503 g/mol. The van der Waals surface area contributed by atoms with Crippen molar-refractivity contribution in [2.45, 2.75) is 52.2 Å². The summed E-state index contributed by atoms with van der Waals surface area (Å²) in [5.41, 5.74) is 1.77. The molecule has 1 aromatic carbocycles. The summed E-state index contributed by atoms with van der Waals surface area (Å²) in [6, 6.07) is 4.07. The zero-order chi connectivity index (χ0) is 26.0. The molecule has 0 aromatic heterocycles. The van der Waals surface area contributed by atoms with Gasteiger partial charge in [0.1, 0.15) is 0 Å². The average molecular weight is 537 g/mol. The second-order valence-corrected chi connectivity index (χ2v) is 10.8. The molecule has 0 aliphatic carbocycles. The fraction of sp³-hybridized carbons (Fsp3) is 0.577. The van der Waals surface area contributed by atoms with Crippen molar-refractivity contribution >= 4 is 41.0 Å². The fourth-order valence-electron chi connectivity index (χ4n) is 5.17. The van der Waals surface area contributed by atoms with E-state index in [1.54, 1.807) is 28.0 Å². The van der Waals surface area contributed by atoms with Gasteiger partial charge >= 0.3 is 6.03 Å². The van der Waals surface area contributed by atoms with E-state index in [0.29, 0.717) is 52.4 Å². The summed E-state index contributed by atoms with van der Waals surface area (Å²) in [4.78, 5) is 44.8. The summed E-state index contributed by atoms with van der Waals surface area (Å²) in [6.45, 7) is 9.00. The molecule has 3 aliphatic rings. The number of nitrogens with one attached hydrogen (secondary N) is 1. The highest BCUT2D eigenvalue weighted by molar-refractivity contribution is 6.35. The van der Waals surface area contributed by atoms with Crippen molar-refractivity contribution in [2.75, 3.05) is 39.3 Å². The number of carbonyl (C=O) groups is 3. The van der Waals surface area contributed by atoms with Gasteiger partial charge in [-0.3, -0.25) is 14.5 Å². The molecule has 1 aromatic rings. The molecule has 3 heterocycles. The molecule has 4 rings (SSSR count). The zero-order valence-corrected chi connectivity index (χ0v) is 22.6. The zero-order valence-electron chi connectivity index (χ0n) is 21.1. The maximum Gasteiger partial charge on any atom is 0.322 e. The maximum atomic E-state index is 13.6. The number of carbonyl (C=O) groups excluding carboxylic acids is 3. The summed E-state index contributed by atoms with van der Waals surface area (Å²) < 4.78 is 5.75. The molecule has 196 valence electrons. The Kier molecular flexibility index (Phi) is 8.48. The molecule has 36 heavy (non-hydrogen) atoms. The second-order valence-electron chi connectivity index (χ2n) is 9.96. The first kappa shape index (κ1) is 26.8. The van der Waals surface area contributed by atoms with E-state index in [0.717, 1.165) is 19.4 Å². The molecule has 0 bridgehead atoms. The van der Waals surface area contributed by atoms with Crippen LogP contribution in [0.5, 0.6) is 0 Å². The smallest absolute Gasteiger partial charge is 0.322 e. The van der Waals surface area contributed by atoms with Crippen molar-refractivity contribution in [1.82, 2.24) is 20.0 Å². The van der Waals surface area contributed by atoms with E-state index in [2.05, 4.69) is 19.2 Å². The topological polar surface area (TPSA) is 82.2 Å². The number of urea groups is 1. The van der Waals surface area contributed by atoms with Gasteiger partial charge in [0.15, 0.2) is 0 Å². The number of benzene rings is 1. The lowest BCUT2D eigenvalue weighted by Crippen LogP contribution is -2.47. The minimum absolute atomic E-state index is 0.00992. The quantitative estimate of drug-likeness (QED) is 0.511. The minimum atomic E-state index is -0.676. The molecule has 0 saturated carbocycles. The van der Waals surface area contributed by atoms with Crippen LogP contribution in [0, 0.1) is 5.92 Å². The molecule has 3 aliphatic heterocycles. The summed E-state index contributed by atoms with van der Waals surface area (Å²) in [7, 11) is 0. The third kappa shape index (κ3) is 5.66. The van der Waals surface area contributed by atoms with Gasteiger partial charge in [0.2, 0.25) is 5.91 Å². The Labute approximate surface area is 222 Å². The minimum Gasteiger partial charge on any atom is -0.376 e. The molecule has 1 fully saturated rings. The number of ether oxygens (including phenoxy) is 1. The summed E-state index contributed by atoms with van der Waals surface area (Å²) in [5, 5.41) is 3.78. The van der Waals surface area contributed by atoms with Crippen LogP contribution >= 0.6 is 23.2 Å². The van der Waals surface area contributed by atoms with E-state index >= 15 is 0 Å². The summed E-state index contributed by atoms with van der Waals surface area (Å²) >= 11 is 12.5. The normalized spacial score (nSPS) is 21.9. The van der Waals surface area contributed by atoms with Gasteiger partial charge in [0.25, 0.3) is 5.91 Å². The first-order chi connectivity index (χ1) is 17.2. The number of amides is 4. The number of hydrogen-bond acceptors (Lipinski definition) is 4. The third-order valence-electron chi connectivity index (χ3n) is 6.87. The molecule has 4 amide bonds. The standard InChI is InChI=1S/C26H34Cl2N4O4/c1-4-32-21-15-30(10-9-22(33)31(13-16(2)3)14-18-6-5-11-36-18)25(34)23(21)24(29-26(32)35)19-8-7-17(27)12-20(19)28/h7-8,12,16,18,24H,4-6,9-11,13-15H2,1-3H3,(H,29,35)/t18-,24+/m0/s1. The van der Waals surface area contributed by atoms with Crippen molar-refractivity contribution in [3.8, 4) is 0 Å². The van der Waals surface area contributed by atoms with E-state index in [9.17, 15) is 14.4 Å². The largest absolute Gasteiger partial charge is 0.376 e. The van der Waals surface area contributed by atoms with Gasteiger partial charge in [-0.2, -0.15) is 0 Å². The number of halogens is 2. The Morgan fingerprint density at radius 2 is 2.06 bits per heavy atom. The maximum absolute atomic E-state index is 13.6. The van der Waals surface area contributed by atoms with Gasteiger partial charge in [0, 0.05) is 49.3 Å². The third-order valence-corrected chi connectivity index (χ3v) is 7.43. The predicted octanol–water partition coefficient (Wildman–Crippen LogP) is 4.23. The van der Waals surface area contributed by atoms with E-state index in [1.807, 2.05) is 11.8 Å². The predicted molar refractivity (Wildman–Crippen MR) is 139 cm³/mol. The van der Waals surface area contributed by atoms with E-state index in [4.69, 9.17) is 27.9 Å². The van der Waals surface area contributed by atoms with Crippen LogP contribution in [0.4, 0.5) is 4.79 Å².